The second-order valence-corrected chi connectivity index (χ2v) is 7.48. The van der Waals surface area contributed by atoms with E-state index >= 15 is 0 Å². The number of hydrogen-bond donors (Lipinski definition) is 1. The number of aliphatic hydroxyl groups is 1. The maximum Gasteiger partial charge on any atom is 0.390 e. The van der Waals surface area contributed by atoms with Gasteiger partial charge in [0.15, 0.2) is 17.0 Å². The molecule has 0 saturated carbocycles. The molecule has 0 radical (unpaired) electrons. The predicted octanol–water partition coefficient (Wildman–Crippen LogP) is 2.65. The van der Waals surface area contributed by atoms with Crippen LogP contribution in [0.15, 0.2) is 6.33 Å². The van der Waals surface area contributed by atoms with Gasteiger partial charge in [-0.3, -0.25) is 0 Å². The number of nitrogens with zero attached hydrogens (tertiary/aromatic N) is 5. The van der Waals surface area contributed by atoms with Gasteiger partial charge >= 0.3 is 6.18 Å². The van der Waals surface area contributed by atoms with Crippen molar-refractivity contribution in [3.63, 3.8) is 0 Å². The van der Waals surface area contributed by atoms with E-state index in [-0.39, 0.29) is 12.0 Å². The predicted molar refractivity (Wildman–Crippen MR) is 87.5 cm³/mol. The highest BCUT2D eigenvalue weighted by molar-refractivity contribution is 5.84. The molecule has 2 aromatic rings. The molecule has 9 heteroatoms. The van der Waals surface area contributed by atoms with Crippen LogP contribution in [0.5, 0.6) is 0 Å². The highest BCUT2D eigenvalue weighted by atomic mass is 19.4. The van der Waals surface area contributed by atoms with Gasteiger partial charge in [0, 0.05) is 25.0 Å². The van der Waals surface area contributed by atoms with Crippen LogP contribution in [-0.4, -0.2) is 50.0 Å². The Morgan fingerprint density at radius 3 is 2.52 bits per heavy atom. The highest BCUT2D eigenvalue weighted by Gasteiger charge is 2.30. The molecule has 1 unspecified atom stereocenters. The number of rotatable bonds is 3. The molecule has 2 aromatic heterocycles. The van der Waals surface area contributed by atoms with Crippen molar-refractivity contribution in [2.75, 3.05) is 18.0 Å². The Hall–Kier alpha value is -1.90. The zero-order chi connectivity index (χ0) is 18.4. The van der Waals surface area contributed by atoms with E-state index in [1.165, 1.54) is 10.9 Å². The molecule has 0 bridgehead atoms. The third-order valence-electron chi connectivity index (χ3n) is 4.22. The average Bonchev–Trinajstić information content (AvgIpc) is 3.08. The number of hydrogen-bond acceptors (Lipinski definition) is 5. The van der Waals surface area contributed by atoms with E-state index in [9.17, 15) is 18.3 Å². The Balaban J connectivity index is 2.07. The standard InChI is InChI=1S/C16H22F3N5O/c1-15(2,3)14-21-12(23-6-4-10(25)8-23)11-13(22-14)24(9-20-11)7-5-16(17,18)19/h9-10,25H,4-8H2,1-3H3. The molecular weight excluding hydrogens is 335 g/mol. The Morgan fingerprint density at radius 1 is 1.24 bits per heavy atom. The molecule has 1 saturated heterocycles. The molecule has 25 heavy (non-hydrogen) atoms. The first-order chi connectivity index (χ1) is 11.5. The van der Waals surface area contributed by atoms with Gasteiger partial charge in [0.2, 0.25) is 0 Å². The van der Waals surface area contributed by atoms with Gasteiger partial charge in [-0.2, -0.15) is 13.2 Å². The molecule has 1 N–H and O–H groups in total. The Morgan fingerprint density at radius 2 is 1.96 bits per heavy atom. The number of halogens is 3. The van der Waals surface area contributed by atoms with Crippen molar-refractivity contribution in [2.45, 2.75) is 57.9 Å². The minimum absolute atomic E-state index is 0.233. The van der Waals surface area contributed by atoms with E-state index in [2.05, 4.69) is 15.0 Å². The van der Waals surface area contributed by atoms with Crippen LogP contribution in [0.1, 0.15) is 39.4 Å². The zero-order valence-electron chi connectivity index (χ0n) is 14.5. The molecular formula is C16H22F3N5O. The molecule has 1 aliphatic heterocycles. The third kappa shape index (κ3) is 3.86. The van der Waals surface area contributed by atoms with Gasteiger partial charge in [0.1, 0.15) is 5.82 Å². The molecule has 3 heterocycles. The lowest BCUT2D eigenvalue weighted by molar-refractivity contribution is -0.136. The molecule has 0 aromatic carbocycles. The highest BCUT2D eigenvalue weighted by Crippen LogP contribution is 2.30. The quantitative estimate of drug-likeness (QED) is 0.915. The topological polar surface area (TPSA) is 67.1 Å². The van der Waals surface area contributed by atoms with Gasteiger partial charge < -0.3 is 14.6 Å². The Kier molecular flexibility index (Phi) is 4.38. The van der Waals surface area contributed by atoms with Gasteiger partial charge in [0.25, 0.3) is 0 Å². The van der Waals surface area contributed by atoms with Gasteiger partial charge in [-0.1, -0.05) is 20.8 Å². The SMILES string of the molecule is CC(C)(C)c1nc(N2CCC(O)C2)c2ncn(CCC(F)(F)F)c2n1. The Bertz CT molecular complexity index is 765. The van der Waals surface area contributed by atoms with Crippen LogP contribution >= 0.6 is 0 Å². The van der Waals surface area contributed by atoms with Crippen LogP contribution in [0.2, 0.25) is 0 Å². The summed E-state index contributed by atoms with van der Waals surface area (Å²) in [6, 6.07) is 0. The van der Waals surface area contributed by atoms with Crippen LogP contribution in [0, 0.1) is 0 Å². The van der Waals surface area contributed by atoms with Gasteiger partial charge in [-0.25, -0.2) is 15.0 Å². The van der Waals surface area contributed by atoms with E-state index in [0.717, 1.165) is 0 Å². The summed E-state index contributed by atoms with van der Waals surface area (Å²) in [5.41, 5.74) is 0.519. The molecule has 0 spiro atoms. The maximum atomic E-state index is 12.6. The minimum atomic E-state index is -4.24. The van der Waals surface area contributed by atoms with E-state index in [4.69, 9.17) is 0 Å². The number of alkyl halides is 3. The lowest BCUT2D eigenvalue weighted by atomic mass is 9.96. The van der Waals surface area contributed by atoms with Crippen molar-refractivity contribution in [3.8, 4) is 0 Å². The number of imidazole rings is 1. The van der Waals surface area contributed by atoms with Crippen LogP contribution in [-0.2, 0) is 12.0 Å². The molecule has 1 atom stereocenters. The van der Waals surface area contributed by atoms with E-state index < -0.39 is 18.7 Å². The largest absolute Gasteiger partial charge is 0.391 e. The normalized spacial score (nSPS) is 19.2. The van der Waals surface area contributed by atoms with Crippen molar-refractivity contribution in [1.29, 1.82) is 0 Å². The summed E-state index contributed by atoms with van der Waals surface area (Å²) in [5, 5.41) is 9.81. The van der Waals surface area contributed by atoms with Crippen LogP contribution in [0.3, 0.4) is 0 Å². The van der Waals surface area contributed by atoms with Gasteiger partial charge in [-0.15, -0.1) is 0 Å². The first-order valence-electron chi connectivity index (χ1n) is 8.28. The second kappa shape index (κ2) is 6.12. The number of β-amino-alcohol motifs (C(OH)–C–C–N with tert-alkyl or cyclic N) is 1. The first-order valence-corrected chi connectivity index (χ1v) is 8.28. The summed E-state index contributed by atoms with van der Waals surface area (Å²) in [7, 11) is 0. The summed E-state index contributed by atoms with van der Waals surface area (Å²) < 4.78 is 39.2. The second-order valence-electron chi connectivity index (χ2n) is 7.48. The Labute approximate surface area is 143 Å². The van der Waals surface area contributed by atoms with Crippen LogP contribution in [0.25, 0.3) is 11.2 Å². The fraction of sp³-hybridized carbons (Fsp3) is 0.688. The lowest BCUT2D eigenvalue weighted by Crippen LogP contribution is -2.25. The summed E-state index contributed by atoms with van der Waals surface area (Å²) in [6.07, 6.45) is -3.60. The minimum Gasteiger partial charge on any atom is -0.391 e. The third-order valence-corrected chi connectivity index (χ3v) is 4.22. The zero-order valence-corrected chi connectivity index (χ0v) is 14.5. The number of aromatic nitrogens is 4. The van der Waals surface area contributed by atoms with Gasteiger partial charge in [-0.05, 0) is 6.42 Å². The number of anilines is 1. The van der Waals surface area contributed by atoms with Crippen LogP contribution in [0.4, 0.5) is 19.0 Å². The van der Waals surface area contributed by atoms with Crippen molar-refractivity contribution in [3.05, 3.63) is 12.2 Å². The fourth-order valence-corrected chi connectivity index (χ4v) is 2.83. The van der Waals surface area contributed by atoms with Crippen molar-refractivity contribution in [1.82, 2.24) is 19.5 Å². The van der Waals surface area contributed by atoms with Crippen molar-refractivity contribution < 1.29 is 18.3 Å². The molecule has 6 nitrogen and oxygen atoms in total. The summed E-state index contributed by atoms with van der Waals surface area (Å²) >= 11 is 0. The molecule has 1 aliphatic rings. The van der Waals surface area contributed by atoms with E-state index in [1.54, 1.807) is 0 Å². The summed E-state index contributed by atoms with van der Waals surface area (Å²) in [6.45, 7) is 6.69. The van der Waals surface area contributed by atoms with E-state index in [0.29, 0.717) is 42.3 Å². The molecule has 0 amide bonds. The number of fused-ring (bicyclic) bond motifs is 1. The summed E-state index contributed by atoms with van der Waals surface area (Å²) in [4.78, 5) is 15.3. The first kappa shape index (κ1) is 17.9. The number of aliphatic hydroxyl groups excluding tert-OH is 1. The van der Waals surface area contributed by atoms with Crippen LogP contribution < -0.4 is 4.90 Å². The monoisotopic (exact) mass is 357 g/mol. The van der Waals surface area contributed by atoms with Crippen molar-refractivity contribution in [2.24, 2.45) is 0 Å². The van der Waals surface area contributed by atoms with E-state index in [1.807, 2.05) is 25.7 Å². The fourth-order valence-electron chi connectivity index (χ4n) is 2.83. The molecule has 3 rings (SSSR count). The smallest absolute Gasteiger partial charge is 0.390 e. The molecule has 0 aliphatic carbocycles. The lowest BCUT2D eigenvalue weighted by Gasteiger charge is -2.22. The molecule has 138 valence electrons. The maximum absolute atomic E-state index is 12.6. The number of aryl methyl sites for hydroxylation is 1. The van der Waals surface area contributed by atoms with Crippen molar-refractivity contribution >= 4 is 17.0 Å². The van der Waals surface area contributed by atoms with Gasteiger partial charge in [0.05, 0.1) is 18.9 Å². The summed E-state index contributed by atoms with van der Waals surface area (Å²) in [5.74, 6) is 1.13. The average molecular weight is 357 g/mol. The molecule has 1 fully saturated rings.